The molecule has 4 heteroatoms. The van der Waals surface area contributed by atoms with Crippen LogP contribution in [0.4, 0.5) is 0 Å². The molecule has 0 aliphatic carbocycles. The molecule has 0 aliphatic rings. The van der Waals surface area contributed by atoms with Crippen LogP contribution in [0.5, 0.6) is 0 Å². The third kappa shape index (κ3) is 5.91. The molecule has 0 fully saturated rings. The van der Waals surface area contributed by atoms with Crippen LogP contribution in [0.1, 0.15) is 22.3 Å². The lowest BCUT2D eigenvalue weighted by molar-refractivity contribution is 1.51. The maximum absolute atomic E-state index is 3.53. The van der Waals surface area contributed by atoms with Gasteiger partial charge in [0, 0.05) is 29.0 Å². The van der Waals surface area contributed by atoms with E-state index in [1.807, 2.05) is 48.5 Å². The molecule has 0 atom stereocenters. The summed E-state index contributed by atoms with van der Waals surface area (Å²) in [5, 5.41) is 0. The molecule has 0 nitrogen and oxygen atoms in total. The van der Waals surface area contributed by atoms with Crippen LogP contribution in [-0.2, 0) is 0 Å². The van der Waals surface area contributed by atoms with Gasteiger partial charge >= 0.3 is 0 Å². The highest BCUT2D eigenvalue weighted by molar-refractivity contribution is 9.11. The van der Waals surface area contributed by atoms with Crippen LogP contribution in [0.25, 0.3) is 11.1 Å². The Labute approximate surface area is 221 Å². The molecule has 4 rings (SSSR count). The summed E-state index contributed by atoms with van der Waals surface area (Å²) in [5.74, 6) is 0. The first-order chi connectivity index (χ1) is 15.5. The van der Waals surface area contributed by atoms with E-state index in [0.29, 0.717) is 0 Å². The highest BCUT2D eigenvalue weighted by Gasteiger charge is 2.07. The Morgan fingerprint density at radius 2 is 0.531 bits per heavy atom. The van der Waals surface area contributed by atoms with Gasteiger partial charge in [-0.25, -0.2) is 0 Å². The van der Waals surface area contributed by atoms with Crippen molar-refractivity contribution in [2.45, 2.75) is 0 Å². The summed E-state index contributed by atoms with van der Waals surface area (Å²) in [6.45, 7) is 0. The molecule has 156 valence electrons. The summed E-state index contributed by atoms with van der Waals surface area (Å²) in [5.41, 5.74) is 13.3. The standard InChI is InChI=1S/C28H16Br4/c29-23-9-1-19(2-10-23)27(20-3-11-24(30)12-4-20)17-18-28(21-5-13-25(31)14-6-21)22-7-15-26(32)16-8-22/h1-16H. The maximum atomic E-state index is 3.53. The molecule has 32 heavy (non-hydrogen) atoms. The summed E-state index contributed by atoms with van der Waals surface area (Å²) in [6, 6.07) is 33.1. The summed E-state index contributed by atoms with van der Waals surface area (Å²) in [6.07, 6.45) is 0. The summed E-state index contributed by atoms with van der Waals surface area (Å²) < 4.78 is 4.17. The lowest BCUT2D eigenvalue weighted by atomic mass is 9.97. The Morgan fingerprint density at radius 3 is 0.719 bits per heavy atom. The van der Waals surface area contributed by atoms with Gasteiger partial charge in [0.2, 0.25) is 0 Å². The van der Waals surface area contributed by atoms with E-state index in [1.165, 1.54) is 0 Å². The predicted molar refractivity (Wildman–Crippen MR) is 149 cm³/mol. The zero-order valence-electron chi connectivity index (χ0n) is 16.7. The molecular formula is C28H16Br4. The fourth-order valence-electron chi connectivity index (χ4n) is 3.21. The Morgan fingerprint density at radius 1 is 0.344 bits per heavy atom. The van der Waals surface area contributed by atoms with Gasteiger partial charge in [0.1, 0.15) is 0 Å². The first-order valence-electron chi connectivity index (χ1n) is 9.79. The largest absolute Gasteiger partial charge is 0.0603 e. The van der Waals surface area contributed by atoms with Crippen molar-refractivity contribution in [3.63, 3.8) is 0 Å². The zero-order chi connectivity index (χ0) is 22.5. The maximum Gasteiger partial charge on any atom is 0.0393 e. The van der Waals surface area contributed by atoms with Crippen LogP contribution < -0.4 is 0 Å². The second-order valence-corrected chi connectivity index (χ2v) is 10.7. The number of rotatable bonds is 4. The van der Waals surface area contributed by atoms with Crippen molar-refractivity contribution in [2.75, 3.05) is 0 Å². The van der Waals surface area contributed by atoms with E-state index in [9.17, 15) is 0 Å². The Balaban J connectivity index is 2.00. The van der Waals surface area contributed by atoms with Crippen LogP contribution in [0.2, 0.25) is 0 Å². The minimum absolute atomic E-state index is 0.983. The van der Waals surface area contributed by atoms with E-state index >= 15 is 0 Å². The normalized spacial score (nSPS) is 10.2. The van der Waals surface area contributed by atoms with Gasteiger partial charge in [0.25, 0.3) is 0 Å². The van der Waals surface area contributed by atoms with Crippen molar-refractivity contribution < 1.29 is 0 Å². The van der Waals surface area contributed by atoms with Crippen molar-refractivity contribution in [1.82, 2.24) is 0 Å². The first kappa shape index (κ1) is 23.3. The Hall–Kier alpha value is -1.90. The summed E-state index contributed by atoms with van der Waals surface area (Å²) >= 11 is 14.1. The van der Waals surface area contributed by atoms with Crippen LogP contribution in [-0.4, -0.2) is 0 Å². The molecule has 0 saturated carbocycles. The monoisotopic (exact) mass is 668 g/mol. The van der Waals surface area contributed by atoms with Crippen molar-refractivity contribution in [1.29, 1.82) is 0 Å². The summed E-state index contributed by atoms with van der Waals surface area (Å²) in [4.78, 5) is 0. The molecule has 0 radical (unpaired) electrons. The zero-order valence-corrected chi connectivity index (χ0v) is 23.1. The molecule has 0 heterocycles. The van der Waals surface area contributed by atoms with E-state index in [4.69, 9.17) is 0 Å². The van der Waals surface area contributed by atoms with Crippen LogP contribution in [0.3, 0.4) is 0 Å². The van der Waals surface area contributed by atoms with Gasteiger partial charge in [-0.1, -0.05) is 124 Å². The highest BCUT2D eigenvalue weighted by Crippen LogP contribution is 2.28. The average molecular weight is 672 g/mol. The SMILES string of the molecule is Brc1ccc(C(=C=C=C(c2ccc(Br)cc2)c2ccc(Br)cc2)c2ccc(Br)cc2)cc1. The van der Waals surface area contributed by atoms with Crippen molar-refractivity contribution in [2.24, 2.45) is 0 Å². The molecule has 0 amide bonds. The number of hydrogen-bond acceptors (Lipinski definition) is 0. The number of hydrogen-bond donors (Lipinski definition) is 0. The molecule has 0 aliphatic heterocycles. The molecule has 0 spiro atoms. The van der Waals surface area contributed by atoms with Gasteiger partial charge in [-0.15, -0.1) is 0 Å². The smallest absolute Gasteiger partial charge is 0.0393 e. The fraction of sp³-hybridized carbons (Fsp3) is 0. The number of halogens is 4. The van der Waals surface area contributed by atoms with E-state index in [0.717, 1.165) is 51.3 Å². The first-order valence-corrected chi connectivity index (χ1v) is 13.0. The minimum atomic E-state index is 0.983. The molecule has 0 bridgehead atoms. The van der Waals surface area contributed by atoms with Crippen LogP contribution in [0.15, 0.2) is 126 Å². The fourth-order valence-corrected chi connectivity index (χ4v) is 4.27. The molecule has 4 aromatic rings. The average Bonchev–Trinajstić information content (AvgIpc) is 2.80. The molecular weight excluding hydrogens is 656 g/mol. The Bertz CT molecular complexity index is 1120. The second-order valence-electron chi connectivity index (χ2n) is 7.03. The molecule has 0 unspecified atom stereocenters. The van der Waals surface area contributed by atoms with Crippen LogP contribution >= 0.6 is 63.7 Å². The predicted octanol–water partition coefficient (Wildman–Crippen LogP) is 10.1. The van der Waals surface area contributed by atoms with Crippen molar-refractivity contribution in [3.8, 4) is 0 Å². The minimum Gasteiger partial charge on any atom is -0.0603 e. The molecule has 0 saturated heterocycles. The van der Waals surface area contributed by atoms with Gasteiger partial charge < -0.3 is 0 Å². The van der Waals surface area contributed by atoms with Gasteiger partial charge in [-0.3, -0.25) is 0 Å². The topological polar surface area (TPSA) is 0 Å². The van der Waals surface area contributed by atoms with E-state index in [1.54, 1.807) is 0 Å². The van der Waals surface area contributed by atoms with Crippen molar-refractivity contribution in [3.05, 3.63) is 149 Å². The molecule has 0 aromatic heterocycles. The van der Waals surface area contributed by atoms with Gasteiger partial charge in [0.05, 0.1) is 0 Å². The quantitative estimate of drug-likeness (QED) is 0.190. The number of benzene rings is 4. The third-order valence-corrected chi connectivity index (χ3v) is 6.96. The Kier molecular flexibility index (Phi) is 7.86. The lowest BCUT2D eigenvalue weighted by Gasteiger charge is -2.07. The van der Waals surface area contributed by atoms with Gasteiger partial charge in [-0.05, 0) is 70.8 Å². The second kappa shape index (κ2) is 10.8. The van der Waals surface area contributed by atoms with Gasteiger partial charge in [-0.2, -0.15) is 0 Å². The molecule has 4 aromatic carbocycles. The van der Waals surface area contributed by atoms with Crippen LogP contribution in [0, 0.1) is 0 Å². The lowest BCUT2D eigenvalue weighted by Crippen LogP contribution is -1.88. The van der Waals surface area contributed by atoms with E-state index < -0.39 is 0 Å². The van der Waals surface area contributed by atoms with Gasteiger partial charge in [0.15, 0.2) is 0 Å². The third-order valence-electron chi connectivity index (χ3n) is 4.84. The highest BCUT2D eigenvalue weighted by atomic mass is 79.9. The van der Waals surface area contributed by atoms with E-state index in [-0.39, 0.29) is 0 Å². The van der Waals surface area contributed by atoms with Crippen molar-refractivity contribution >= 4 is 74.9 Å². The molecule has 0 N–H and O–H groups in total. The van der Waals surface area contributed by atoms with E-state index in [2.05, 4.69) is 124 Å². The summed E-state index contributed by atoms with van der Waals surface area (Å²) in [7, 11) is 0.